The molecular formula is C14H17N5. The Morgan fingerprint density at radius 1 is 1.37 bits per heavy atom. The van der Waals surface area contributed by atoms with Gasteiger partial charge in [0, 0.05) is 18.3 Å². The molecule has 0 atom stereocenters. The maximum atomic E-state index is 7.44. The number of aryl methyl sites for hydroxylation is 1. The molecule has 19 heavy (non-hydrogen) atoms. The van der Waals surface area contributed by atoms with Gasteiger partial charge in [-0.2, -0.15) is 0 Å². The van der Waals surface area contributed by atoms with Crippen LogP contribution in [0.25, 0.3) is 11.3 Å². The molecule has 2 aromatic rings. The van der Waals surface area contributed by atoms with E-state index >= 15 is 0 Å². The third-order valence-corrected chi connectivity index (χ3v) is 3.04. The number of nitrogen functional groups attached to an aromatic ring is 1. The number of benzene rings is 1. The van der Waals surface area contributed by atoms with Crippen LogP contribution in [-0.4, -0.2) is 23.2 Å². The Labute approximate surface area is 112 Å². The highest BCUT2D eigenvalue weighted by molar-refractivity contribution is 5.92. The lowest BCUT2D eigenvalue weighted by atomic mass is 10.0. The van der Waals surface area contributed by atoms with E-state index in [9.17, 15) is 0 Å². The predicted octanol–water partition coefficient (Wildman–Crippen LogP) is 1.75. The predicted molar refractivity (Wildman–Crippen MR) is 77.3 cm³/mol. The SMILES string of the molecule is CNCc1ccc(-c2ncnc(N)c2C=N)cc1C. The molecule has 5 nitrogen and oxygen atoms in total. The zero-order valence-electron chi connectivity index (χ0n) is 11.1. The summed E-state index contributed by atoms with van der Waals surface area (Å²) in [7, 11) is 1.92. The van der Waals surface area contributed by atoms with Crippen LogP contribution in [0.2, 0.25) is 0 Å². The first-order valence-corrected chi connectivity index (χ1v) is 6.02. The summed E-state index contributed by atoms with van der Waals surface area (Å²) >= 11 is 0. The quantitative estimate of drug-likeness (QED) is 0.726. The monoisotopic (exact) mass is 255 g/mol. The van der Waals surface area contributed by atoms with Crippen molar-refractivity contribution in [1.29, 1.82) is 5.41 Å². The van der Waals surface area contributed by atoms with Gasteiger partial charge in [0.1, 0.15) is 12.1 Å². The van der Waals surface area contributed by atoms with Gasteiger partial charge in [0.05, 0.1) is 11.3 Å². The molecule has 0 bridgehead atoms. The first-order valence-electron chi connectivity index (χ1n) is 6.02. The van der Waals surface area contributed by atoms with Gasteiger partial charge in [-0.1, -0.05) is 12.1 Å². The van der Waals surface area contributed by atoms with Crippen molar-refractivity contribution in [3.05, 3.63) is 41.2 Å². The first kappa shape index (κ1) is 13.2. The summed E-state index contributed by atoms with van der Waals surface area (Å²) in [5, 5.41) is 10.6. The number of nitrogens with one attached hydrogen (secondary N) is 2. The van der Waals surface area contributed by atoms with Crippen LogP contribution in [0.1, 0.15) is 16.7 Å². The van der Waals surface area contributed by atoms with Crippen LogP contribution in [0.5, 0.6) is 0 Å². The van der Waals surface area contributed by atoms with Crippen molar-refractivity contribution in [2.75, 3.05) is 12.8 Å². The minimum absolute atomic E-state index is 0.331. The zero-order chi connectivity index (χ0) is 13.8. The number of hydrogen-bond acceptors (Lipinski definition) is 5. The Bertz CT molecular complexity index is 607. The number of nitrogens with two attached hydrogens (primary N) is 1. The van der Waals surface area contributed by atoms with E-state index < -0.39 is 0 Å². The molecule has 4 N–H and O–H groups in total. The van der Waals surface area contributed by atoms with Crippen LogP contribution in [0.15, 0.2) is 24.5 Å². The molecule has 0 fully saturated rings. The lowest BCUT2D eigenvalue weighted by Gasteiger charge is -2.10. The average Bonchev–Trinajstić information content (AvgIpc) is 2.41. The Balaban J connectivity index is 2.51. The molecular weight excluding hydrogens is 238 g/mol. The van der Waals surface area contributed by atoms with Gasteiger partial charge in [-0.3, -0.25) is 0 Å². The Morgan fingerprint density at radius 2 is 2.16 bits per heavy atom. The molecule has 1 aromatic heterocycles. The molecule has 0 unspecified atom stereocenters. The van der Waals surface area contributed by atoms with E-state index in [4.69, 9.17) is 11.1 Å². The van der Waals surface area contributed by atoms with E-state index in [2.05, 4.69) is 34.3 Å². The highest BCUT2D eigenvalue weighted by Crippen LogP contribution is 2.24. The zero-order valence-corrected chi connectivity index (χ0v) is 11.1. The standard InChI is InChI=1S/C14H17N5/c1-9-5-10(3-4-11(9)7-17-2)13-12(6-15)14(16)19-8-18-13/h3-6,8,15,17H,7H2,1-2H3,(H2,16,18,19). The molecule has 98 valence electrons. The van der Waals surface area contributed by atoms with Gasteiger partial charge >= 0.3 is 0 Å². The Morgan fingerprint density at radius 3 is 2.79 bits per heavy atom. The van der Waals surface area contributed by atoms with E-state index in [0.29, 0.717) is 17.1 Å². The van der Waals surface area contributed by atoms with Gasteiger partial charge in [0.15, 0.2) is 0 Å². The van der Waals surface area contributed by atoms with Gasteiger partial charge < -0.3 is 16.5 Å². The fraction of sp³-hybridized carbons (Fsp3) is 0.214. The van der Waals surface area contributed by atoms with Crippen molar-refractivity contribution in [3.8, 4) is 11.3 Å². The molecule has 0 aliphatic heterocycles. The molecule has 0 radical (unpaired) electrons. The minimum Gasteiger partial charge on any atom is -0.383 e. The third-order valence-electron chi connectivity index (χ3n) is 3.04. The molecule has 0 amide bonds. The minimum atomic E-state index is 0.331. The van der Waals surface area contributed by atoms with E-state index in [1.807, 2.05) is 13.1 Å². The summed E-state index contributed by atoms with van der Waals surface area (Å²) < 4.78 is 0. The van der Waals surface area contributed by atoms with Gasteiger partial charge in [-0.25, -0.2) is 9.97 Å². The second kappa shape index (κ2) is 5.58. The van der Waals surface area contributed by atoms with Gasteiger partial charge in [0.2, 0.25) is 0 Å². The van der Waals surface area contributed by atoms with Crippen LogP contribution in [-0.2, 0) is 6.54 Å². The van der Waals surface area contributed by atoms with Crippen molar-refractivity contribution in [3.63, 3.8) is 0 Å². The molecule has 0 spiro atoms. The largest absolute Gasteiger partial charge is 0.383 e. The van der Waals surface area contributed by atoms with Crippen LogP contribution >= 0.6 is 0 Å². The van der Waals surface area contributed by atoms with Gasteiger partial charge in [-0.15, -0.1) is 0 Å². The Hall–Kier alpha value is -2.27. The molecule has 0 saturated heterocycles. The molecule has 1 heterocycles. The van der Waals surface area contributed by atoms with Crippen molar-refractivity contribution in [1.82, 2.24) is 15.3 Å². The van der Waals surface area contributed by atoms with Crippen LogP contribution in [0.4, 0.5) is 5.82 Å². The summed E-state index contributed by atoms with van der Waals surface area (Å²) in [4.78, 5) is 8.15. The second-order valence-electron chi connectivity index (χ2n) is 4.34. The molecule has 2 rings (SSSR count). The maximum Gasteiger partial charge on any atom is 0.136 e. The highest BCUT2D eigenvalue weighted by Gasteiger charge is 2.10. The summed E-state index contributed by atoms with van der Waals surface area (Å²) in [5.41, 5.74) is 10.4. The van der Waals surface area contributed by atoms with E-state index in [1.54, 1.807) is 0 Å². The van der Waals surface area contributed by atoms with Crippen molar-refractivity contribution in [2.45, 2.75) is 13.5 Å². The summed E-state index contributed by atoms with van der Waals surface area (Å²) in [6, 6.07) is 6.11. The van der Waals surface area contributed by atoms with Crippen molar-refractivity contribution >= 4 is 12.0 Å². The lowest BCUT2D eigenvalue weighted by Crippen LogP contribution is -2.07. The number of hydrogen-bond donors (Lipinski definition) is 3. The fourth-order valence-electron chi connectivity index (χ4n) is 2.01. The van der Waals surface area contributed by atoms with Crippen molar-refractivity contribution < 1.29 is 0 Å². The van der Waals surface area contributed by atoms with E-state index in [-0.39, 0.29) is 0 Å². The molecule has 1 aromatic carbocycles. The topological polar surface area (TPSA) is 87.7 Å². The first-order chi connectivity index (χ1) is 9.17. The number of nitrogens with zero attached hydrogens (tertiary/aromatic N) is 2. The second-order valence-corrected chi connectivity index (χ2v) is 4.34. The lowest BCUT2D eigenvalue weighted by molar-refractivity contribution is 0.812. The fourth-order valence-corrected chi connectivity index (χ4v) is 2.01. The summed E-state index contributed by atoms with van der Waals surface area (Å²) in [6.45, 7) is 2.89. The Kier molecular flexibility index (Phi) is 3.87. The van der Waals surface area contributed by atoms with Crippen LogP contribution in [0, 0.1) is 12.3 Å². The number of aromatic nitrogens is 2. The van der Waals surface area contributed by atoms with E-state index in [1.165, 1.54) is 23.7 Å². The van der Waals surface area contributed by atoms with Crippen molar-refractivity contribution in [2.24, 2.45) is 0 Å². The summed E-state index contributed by atoms with van der Waals surface area (Å²) in [5.74, 6) is 0.331. The van der Waals surface area contributed by atoms with Crippen LogP contribution < -0.4 is 11.1 Å². The van der Waals surface area contributed by atoms with Crippen LogP contribution in [0.3, 0.4) is 0 Å². The number of anilines is 1. The third kappa shape index (κ3) is 2.61. The number of rotatable bonds is 4. The molecule has 0 saturated carbocycles. The highest BCUT2D eigenvalue weighted by atomic mass is 14.9. The van der Waals surface area contributed by atoms with Gasteiger partial charge in [0.25, 0.3) is 0 Å². The molecule has 5 heteroatoms. The molecule has 0 aliphatic carbocycles. The molecule has 0 aliphatic rings. The normalized spacial score (nSPS) is 10.4. The maximum absolute atomic E-state index is 7.44. The average molecular weight is 255 g/mol. The summed E-state index contributed by atoms with van der Waals surface area (Å²) in [6.07, 6.45) is 2.62. The van der Waals surface area contributed by atoms with E-state index in [0.717, 1.165) is 12.1 Å². The smallest absolute Gasteiger partial charge is 0.136 e. The van der Waals surface area contributed by atoms with Gasteiger partial charge in [-0.05, 0) is 31.2 Å².